The average Bonchev–Trinajstić information content (AvgIpc) is 2.72. The minimum Gasteiger partial charge on any atom is -0.475 e. The first-order valence-corrected chi connectivity index (χ1v) is 10.1. The van der Waals surface area contributed by atoms with Crippen LogP contribution in [-0.2, 0) is 0 Å². The lowest BCUT2D eigenvalue weighted by atomic mass is 10.0. The summed E-state index contributed by atoms with van der Waals surface area (Å²) < 4.78 is 6.28. The van der Waals surface area contributed by atoms with Gasteiger partial charge in [0.2, 0.25) is 0 Å². The molecular weight excluding hydrogens is 360 g/mol. The van der Waals surface area contributed by atoms with Crippen molar-refractivity contribution in [1.29, 1.82) is 0 Å². The number of nitrogens with zero attached hydrogens (tertiary/aromatic N) is 1. The molecule has 5 heteroatoms. The number of ketones is 1. The van der Waals surface area contributed by atoms with Crippen LogP contribution < -0.4 is 10.1 Å². The molecule has 27 heavy (non-hydrogen) atoms. The molecule has 0 saturated carbocycles. The quantitative estimate of drug-likeness (QED) is 0.684. The van der Waals surface area contributed by atoms with E-state index in [2.05, 4.69) is 17.1 Å². The molecule has 1 N–H and O–H groups in total. The number of unbranched alkanes of at least 4 members (excludes halogenated alkanes) is 1. The summed E-state index contributed by atoms with van der Waals surface area (Å²) in [6.45, 7) is 6.20. The first kappa shape index (κ1) is 19.9. The smallest absolute Gasteiger partial charge is 0.193 e. The van der Waals surface area contributed by atoms with Gasteiger partial charge < -0.3 is 10.1 Å². The summed E-state index contributed by atoms with van der Waals surface area (Å²) in [5, 5.41) is 4.01. The van der Waals surface area contributed by atoms with E-state index in [1.54, 1.807) is 24.3 Å². The first-order valence-electron chi connectivity index (χ1n) is 9.69. The highest BCUT2D eigenvalue weighted by Gasteiger charge is 2.21. The van der Waals surface area contributed by atoms with Gasteiger partial charge in [0.1, 0.15) is 5.75 Å². The van der Waals surface area contributed by atoms with Gasteiger partial charge in [0.25, 0.3) is 0 Å². The van der Waals surface area contributed by atoms with E-state index in [9.17, 15) is 4.79 Å². The van der Waals surface area contributed by atoms with Crippen molar-refractivity contribution in [3.8, 4) is 5.75 Å². The number of benzene rings is 2. The number of nitrogens with one attached hydrogen (secondary N) is 1. The highest BCUT2D eigenvalue weighted by atomic mass is 35.5. The zero-order chi connectivity index (χ0) is 19.1. The monoisotopic (exact) mass is 386 g/mol. The average molecular weight is 387 g/mol. The van der Waals surface area contributed by atoms with E-state index in [0.29, 0.717) is 16.1 Å². The van der Waals surface area contributed by atoms with Crippen molar-refractivity contribution in [3.63, 3.8) is 0 Å². The van der Waals surface area contributed by atoms with E-state index in [0.717, 1.165) is 51.2 Å². The Morgan fingerprint density at radius 2 is 1.67 bits per heavy atom. The number of carbonyl (C=O) groups excluding carboxylic acids is 1. The zero-order valence-electron chi connectivity index (χ0n) is 15.8. The van der Waals surface area contributed by atoms with E-state index < -0.39 is 0 Å². The number of rotatable bonds is 8. The van der Waals surface area contributed by atoms with Gasteiger partial charge in [0.15, 0.2) is 12.0 Å². The van der Waals surface area contributed by atoms with Crippen molar-refractivity contribution in [2.75, 3.05) is 26.2 Å². The van der Waals surface area contributed by atoms with Crippen LogP contribution >= 0.6 is 11.6 Å². The number of carbonyl (C=O) groups is 1. The van der Waals surface area contributed by atoms with Crippen molar-refractivity contribution in [2.45, 2.75) is 32.4 Å². The second-order valence-electron chi connectivity index (χ2n) is 6.86. The van der Waals surface area contributed by atoms with E-state index in [1.165, 1.54) is 0 Å². The maximum Gasteiger partial charge on any atom is 0.193 e. The second-order valence-corrected chi connectivity index (χ2v) is 7.30. The fourth-order valence-electron chi connectivity index (χ4n) is 3.27. The van der Waals surface area contributed by atoms with Gasteiger partial charge in [-0.3, -0.25) is 9.69 Å². The molecule has 144 valence electrons. The fourth-order valence-corrected chi connectivity index (χ4v) is 3.40. The first-order chi connectivity index (χ1) is 13.2. The molecule has 0 aliphatic carbocycles. The maximum atomic E-state index is 12.6. The zero-order valence-corrected chi connectivity index (χ0v) is 16.5. The van der Waals surface area contributed by atoms with Crippen LogP contribution in [0.3, 0.4) is 0 Å². The van der Waals surface area contributed by atoms with Gasteiger partial charge in [-0.1, -0.05) is 24.9 Å². The molecular formula is C22H27ClN2O2. The molecule has 1 aliphatic heterocycles. The summed E-state index contributed by atoms with van der Waals surface area (Å²) >= 11 is 5.90. The van der Waals surface area contributed by atoms with Gasteiger partial charge in [-0.15, -0.1) is 0 Å². The third kappa shape index (κ3) is 5.55. The van der Waals surface area contributed by atoms with Gasteiger partial charge in [0, 0.05) is 42.3 Å². The van der Waals surface area contributed by atoms with Crippen molar-refractivity contribution in [3.05, 3.63) is 64.7 Å². The Balaban J connectivity index is 1.67. The topological polar surface area (TPSA) is 41.6 Å². The van der Waals surface area contributed by atoms with Crippen molar-refractivity contribution in [1.82, 2.24) is 10.2 Å². The Morgan fingerprint density at radius 1 is 1.07 bits per heavy atom. The predicted octanol–water partition coefficient (Wildman–Crippen LogP) is 4.37. The molecule has 2 aromatic carbocycles. The van der Waals surface area contributed by atoms with Gasteiger partial charge in [-0.05, 0) is 61.4 Å². The third-order valence-electron chi connectivity index (χ3n) is 4.86. The molecule has 1 heterocycles. The molecule has 1 fully saturated rings. The van der Waals surface area contributed by atoms with E-state index in [-0.39, 0.29) is 12.0 Å². The summed E-state index contributed by atoms with van der Waals surface area (Å²) in [6, 6.07) is 14.4. The highest BCUT2D eigenvalue weighted by Crippen LogP contribution is 2.21. The van der Waals surface area contributed by atoms with Crippen LogP contribution in [0.5, 0.6) is 5.75 Å². The van der Waals surface area contributed by atoms with Crippen molar-refractivity contribution < 1.29 is 9.53 Å². The number of hydrogen-bond donors (Lipinski definition) is 1. The molecule has 4 nitrogen and oxygen atoms in total. The molecule has 2 aromatic rings. The lowest BCUT2D eigenvalue weighted by Gasteiger charge is -2.35. The van der Waals surface area contributed by atoms with E-state index in [1.807, 2.05) is 24.3 Å². The van der Waals surface area contributed by atoms with Crippen LogP contribution in [0, 0.1) is 0 Å². The van der Waals surface area contributed by atoms with Crippen molar-refractivity contribution >= 4 is 17.4 Å². The molecule has 0 spiro atoms. The summed E-state index contributed by atoms with van der Waals surface area (Å²) in [4.78, 5) is 15.0. The Labute approximate surface area is 166 Å². The van der Waals surface area contributed by atoms with Crippen molar-refractivity contribution in [2.24, 2.45) is 0 Å². The van der Waals surface area contributed by atoms with Gasteiger partial charge in [0.05, 0.1) is 0 Å². The molecule has 1 saturated heterocycles. The SMILES string of the molecule is CCCCC(Oc1ccc(C(=O)c2ccc(Cl)cc2)cc1)N1CCNCC1. The minimum absolute atomic E-state index is 0.0112. The maximum absolute atomic E-state index is 12.6. The predicted molar refractivity (Wildman–Crippen MR) is 110 cm³/mol. The molecule has 1 unspecified atom stereocenters. The largest absolute Gasteiger partial charge is 0.475 e. The second kappa shape index (κ2) is 9.88. The summed E-state index contributed by atoms with van der Waals surface area (Å²) in [7, 11) is 0. The fraction of sp³-hybridized carbons (Fsp3) is 0.409. The Bertz CT molecular complexity index is 725. The standard InChI is InChI=1S/C22H27ClN2O2/c1-2-3-4-21(25-15-13-24-14-16-25)27-20-11-7-18(8-12-20)22(26)17-5-9-19(23)10-6-17/h5-12,21,24H,2-4,13-16H2,1H3. The molecule has 0 amide bonds. The Kier molecular flexibility index (Phi) is 7.27. The van der Waals surface area contributed by atoms with Crippen LogP contribution in [0.1, 0.15) is 42.1 Å². The number of halogens is 1. The lowest BCUT2D eigenvalue weighted by Crippen LogP contribution is -2.50. The molecule has 1 atom stereocenters. The van der Waals surface area contributed by atoms with Gasteiger partial charge >= 0.3 is 0 Å². The van der Waals surface area contributed by atoms with Gasteiger partial charge in [-0.25, -0.2) is 0 Å². The molecule has 1 aliphatic rings. The third-order valence-corrected chi connectivity index (χ3v) is 5.11. The Morgan fingerprint density at radius 3 is 2.26 bits per heavy atom. The summed E-state index contributed by atoms with van der Waals surface area (Å²) in [5.41, 5.74) is 1.28. The van der Waals surface area contributed by atoms with Crippen LogP contribution in [-0.4, -0.2) is 43.1 Å². The molecule has 0 bridgehead atoms. The lowest BCUT2D eigenvalue weighted by molar-refractivity contribution is 0.00949. The number of piperazine rings is 1. The number of hydrogen-bond acceptors (Lipinski definition) is 4. The van der Waals surface area contributed by atoms with Crippen LogP contribution in [0.25, 0.3) is 0 Å². The van der Waals surface area contributed by atoms with Gasteiger partial charge in [-0.2, -0.15) is 0 Å². The Hall–Kier alpha value is -1.88. The summed E-state index contributed by atoms with van der Waals surface area (Å²) in [5.74, 6) is 0.796. The van der Waals surface area contributed by atoms with E-state index >= 15 is 0 Å². The summed E-state index contributed by atoms with van der Waals surface area (Å²) in [6.07, 6.45) is 3.40. The number of ether oxygens (including phenoxy) is 1. The van der Waals surface area contributed by atoms with Crippen LogP contribution in [0.4, 0.5) is 0 Å². The highest BCUT2D eigenvalue weighted by molar-refractivity contribution is 6.30. The van der Waals surface area contributed by atoms with Crippen LogP contribution in [0.15, 0.2) is 48.5 Å². The van der Waals surface area contributed by atoms with E-state index in [4.69, 9.17) is 16.3 Å². The molecule has 0 radical (unpaired) electrons. The molecule has 0 aromatic heterocycles. The normalized spacial score (nSPS) is 16.1. The molecule has 3 rings (SSSR count). The van der Waals surface area contributed by atoms with Crippen LogP contribution in [0.2, 0.25) is 5.02 Å². The minimum atomic E-state index is -0.0112.